The van der Waals surface area contributed by atoms with E-state index in [4.69, 9.17) is 4.74 Å². The fourth-order valence-electron chi connectivity index (χ4n) is 3.11. The van der Waals surface area contributed by atoms with Crippen LogP contribution in [0.15, 0.2) is 59.5 Å². The molecule has 0 aliphatic rings. The van der Waals surface area contributed by atoms with Crippen LogP contribution in [-0.2, 0) is 14.8 Å². The number of Topliss-reactive ketones (excluding diaryl/α,β-unsaturated/α-hetero) is 1. The average molecular weight is 473 g/mol. The Bertz CT molecular complexity index is 1230. The Morgan fingerprint density at radius 2 is 1.69 bits per heavy atom. The lowest BCUT2D eigenvalue weighted by atomic mass is 10.1. The Kier molecular flexibility index (Phi) is 7.32. The summed E-state index contributed by atoms with van der Waals surface area (Å²) in [7, 11) is -2.32. The lowest BCUT2D eigenvalue weighted by Gasteiger charge is -2.11. The van der Waals surface area contributed by atoms with Crippen LogP contribution in [0.5, 0.6) is 5.75 Å². The molecule has 0 saturated heterocycles. The van der Waals surface area contributed by atoms with E-state index in [-0.39, 0.29) is 29.4 Å². The van der Waals surface area contributed by atoms with Crippen LogP contribution in [0.1, 0.15) is 33.0 Å². The average Bonchev–Trinajstić information content (AvgIpc) is 3.10. The number of sulfonamides is 1. The first-order valence-electron chi connectivity index (χ1n) is 9.85. The van der Waals surface area contributed by atoms with E-state index < -0.39 is 10.0 Å². The Hall–Kier alpha value is -3.17. The van der Waals surface area contributed by atoms with Crippen molar-refractivity contribution >= 4 is 44.4 Å². The minimum atomic E-state index is -3.85. The van der Waals surface area contributed by atoms with Crippen molar-refractivity contribution in [1.29, 1.82) is 0 Å². The van der Waals surface area contributed by atoms with Crippen molar-refractivity contribution in [2.24, 2.45) is 0 Å². The Labute approximate surface area is 191 Å². The van der Waals surface area contributed by atoms with Gasteiger partial charge in [0.15, 0.2) is 5.78 Å². The highest BCUT2D eigenvalue weighted by atomic mass is 32.2. The zero-order valence-electron chi connectivity index (χ0n) is 18.0. The largest absolute Gasteiger partial charge is 0.497 e. The molecule has 0 radical (unpaired) electrons. The summed E-state index contributed by atoms with van der Waals surface area (Å²) in [6, 6.07) is 14.3. The molecule has 1 amide bonds. The molecule has 0 aliphatic carbocycles. The van der Waals surface area contributed by atoms with Crippen LogP contribution in [0.2, 0.25) is 0 Å². The summed E-state index contributed by atoms with van der Waals surface area (Å²) in [6.07, 6.45) is 0.0914. The molecular formula is C23H24N2O5S2. The molecule has 1 heterocycles. The summed E-state index contributed by atoms with van der Waals surface area (Å²) in [5, 5.41) is 2.66. The van der Waals surface area contributed by atoms with Gasteiger partial charge < -0.3 is 10.1 Å². The molecule has 3 aromatic rings. The van der Waals surface area contributed by atoms with Crippen LogP contribution in [0.25, 0.3) is 0 Å². The maximum Gasteiger partial charge on any atom is 0.261 e. The van der Waals surface area contributed by atoms with Gasteiger partial charge in [0, 0.05) is 39.5 Å². The van der Waals surface area contributed by atoms with Gasteiger partial charge in [-0.05, 0) is 62.4 Å². The summed E-state index contributed by atoms with van der Waals surface area (Å²) in [6.45, 7) is 3.82. The first-order valence-corrected chi connectivity index (χ1v) is 12.1. The monoisotopic (exact) mass is 472 g/mol. The summed E-state index contributed by atoms with van der Waals surface area (Å²) in [4.78, 5) is 26.7. The number of carbonyl (C=O) groups excluding carboxylic acids is 2. The van der Waals surface area contributed by atoms with Gasteiger partial charge in [0.25, 0.3) is 10.0 Å². The quantitative estimate of drug-likeness (QED) is 0.437. The van der Waals surface area contributed by atoms with Crippen LogP contribution >= 0.6 is 11.3 Å². The van der Waals surface area contributed by atoms with Crippen LogP contribution in [0.4, 0.5) is 11.4 Å². The molecule has 0 bridgehead atoms. The maximum absolute atomic E-state index is 12.7. The molecule has 2 N–H and O–H groups in total. The number of ketones is 1. The number of benzene rings is 2. The van der Waals surface area contributed by atoms with E-state index >= 15 is 0 Å². The second-order valence-electron chi connectivity index (χ2n) is 7.16. The fourth-order valence-corrected chi connectivity index (χ4v) is 5.15. The number of methoxy groups -OCH3 is 1. The first-order chi connectivity index (χ1) is 15.2. The molecule has 0 saturated carbocycles. The van der Waals surface area contributed by atoms with Crippen molar-refractivity contribution in [2.45, 2.75) is 31.6 Å². The van der Waals surface area contributed by atoms with Crippen molar-refractivity contribution in [3.8, 4) is 5.75 Å². The molecule has 1 aromatic heterocycles. The lowest BCUT2D eigenvalue weighted by molar-refractivity contribution is -0.116. The number of aryl methyl sites for hydroxylation is 2. The zero-order chi connectivity index (χ0) is 23.3. The highest BCUT2D eigenvalue weighted by Gasteiger charge is 2.17. The number of nitrogens with one attached hydrogen (secondary N) is 2. The van der Waals surface area contributed by atoms with E-state index in [1.807, 2.05) is 19.9 Å². The van der Waals surface area contributed by atoms with Crippen LogP contribution in [-0.4, -0.2) is 27.2 Å². The van der Waals surface area contributed by atoms with Gasteiger partial charge in [-0.15, -0.1) is 11.3 Å². The number of anilines is 2. The molecule has 168 valence electrons. The van der Waals surface area contributed by atoms with Gasteiger partial charge in [-0.3, -0.25) is 14.3 Å². The van der Waals surface area contributed by atoms with E-state index in [9.17, 15) is 18.0 Å². The van der Waals surface area contributed by atoms with E-state index in [2.05, 4.69) is 10.0 Å². The van der Waals surface area contributed by atoms with Crippen LogP contribution in [0, 0.1) is 13.8 Å². The van der Waals surface area contributed by atoms with E-state index in [1.165, 1.54) is 19.2 Å². The second kappa shape index (κ2) is 9.97. The normalized spacial score (nSPS) is 11.1. The molecule has 32 heavy (non-hydrogen) atoms. The number of thiophene rings is 1. The molecule has 7 nitrogen and oxygen atoms in total. The molecule has 0 spiro atoms. The molecular weight excluding hydrogens is 448 g/mol. The Morgan fingerprint density at radius 3 is 2.31 bits per heavy atom. The Balaban J connectivity index is 1.62. The minimum Gasteiger partial charge on any atom is -0.497 e. The van der Waals surface area contributed by atoms with Crippen molar-refractivity contribution in [1.82, 2.24) is 0 Å². The van der Waals surface area contributed by atoms with Crippen molar-refractivity contribution in [3.05, 3.63) is 69.9 Å². The molecule has 9 heteroatoms. The third kappa shape index (κ3) is 5.95. The zero-order valence-corrected chi connectivity index (χ0v) is 19.6. The molecule has 0 aliphatic heterocycles. The smallest absolute Gasteiger partial charge is 0.261 e. The van der Waals surface area contributed by atoms with Gasteiger partial charge in [-0.25, -0.2) is 8.42 Å². The third-order valence-corrected chi connectivity index (χ3v) is 7.04. The van der Waals surface area contributed by atoms with E-state index in [0.29, 0.717) is 22.7 Å². The van der Waals surface area contributed by atoms with E-state index in [1.54, 1.807) is 47.7 Å². The van der Waals surface area contributed by atoms with Gasteiger partial charge in [0.1, 0.15) is 5.75 Å². The summed E-state index contributed by atoms with van der Waals surface area (Å²) < 4.78 is 33.0. The topological polar surface area (TPSA) is 102 Å². The SMILES string of the molecule is COc1ccc(NS(=O)(=O)c2cccc(NC(=O)CCC(=O)c3cc(C)sc3C)c2)cc1. The minimum absolute atomic E-state index is 0.00608. The van der Waals surface area contributed by atoms with Crippen molar-refractivity contribution < 1.29 is 22.7 Å². The Morgan fingerprint density at radius 1 is 0.969 bits per heavy atom. The highest BCUT2D eigenvalue weighted by molar-refractivity contribution is 7.92. The number of carbonyl (C=O) groups is 2. The first kappa shape index (κ1) is 23.5. The maximum atomic E-state index is 12.7. The standard InChI is InChI=1S/C23H24N2O5S2/c1-15-13-21(16(2)31-15)22(26)11-12-23(27)24-18-5-4-6-20(14-18)32(28,29)25-17-7-9-19(30-3)10-8-17/h4-10,13-14,25H,11-12H2,1-3H3,(H,24,27). The molecule has 0 fully saturated rings. The highest BCUT2D eigenvalue weighted by Crippen LogP contribution is 2.23. The van der Waals surface area contributed by atoms with Gasteiger partial charge in [0.2, 0.25) is 5.91 Å². The predicted octanol–water partition coefficient (Wildman–Crippen LogP) is 4.78. The van der Waals surface area contributed by atoms with Crippen molar-refractivity contribution in [2.75, 3.05) is 17.1 Å². The number of rotatable bonds is 9. The lowest BCUT2D eigenvalue weighted by Crippen LogP contribution is -2.15. The third-order valence-electron chi connectivity index (χ3n) is 4.69. The van der Waals surface area contributed by atoms with E-state index in [0.717, 1.165) is 9.75 Å². The van der Waals surface area contributed by atoms with Gasteiger partial charge in [-0.2, -0.15) is 0 Å². The fraction of sp³-hybridized carbons (Fsp3) is 0.217. The number of amides is 1. The number of ether oxygens (including phenoxy) is 1. The molecule has 0 atom stereocenters. The molecule has 3 rings (SSSR count). The molecule has 0 unspecified atom stereocenters. The summed E-state index contributed by atoms with van der Waals surface area (Å²) >= 11 is 1.55. The predicted molar refractivity (Wildman–Crippen MR) is 126 cm³/mol. The van der Waals surface area contributed by atoms with Gasteiger partial charge in [0.05, 0.1) is 12.0 Å². The van der Waals surface area contributed by atoms with Crippen LogP contribution < -0.4 is 14.8 Å². The number of hydrogen-bond acceptors (Lipinski definition) is 6. The summed E-state index contributed by atoms with van der Waals surface area (Å²) in [5.74, 6) is 0.170. The number of hydrogen-bond donors (Lipinski definition) is 2. The van der Waals surface area contributed by atoms with Gasteiger partial charge >= 0.3 is 0 Å². The second-order valence-corrected chi connectivity index (χ2v) is 10.3. The summed E-state index contributed by atoms with van der Waals surface area (Å²) in [5.41, 5.74) is 1.37. The van der Waals surface area contributed by atoms with Crippen LogP contribution in [0.3, 0.4) is 0 Å². The molecule has 2 aromatic carbocycles. The van der Waals surface area contributed by atoms with Gasteiger partial charge in [-0.1, -0.05) is 6.07 Å². The van der Waals surface area contributed by atoms with Crippen molar-refractivity contribution in [3.63, 3.8) is 0 Å².